The third-order valence-electron chi connectivity index (χ3n) is 2.27. The summed E-state index contributed by atoms with van der Waals surface area (Å²) in [5.41, 5.74) is 0.536. The number of aliphatic hydroxyl groups is 1. The molecule has 1 rings (SSSR count). The lowest BCUT2D eigenvalue weighted by molar-refractivity contribution is 0.0531. The van der Waals surface area contributed by atoms with Gasteiger partial charge in [0.2, 0.25) is 0 Å². The molecule has 1 atom stereocenters. The second-order valence-corrected chi connectivity index (χ2v) is 4.05. The van der Waals surface area contributed by atoms with Gasteiger partial charge >= 0.3 is 0 Å². The van der Waals surface area contributed by atoms with Crippen molar-refractivity contribution >= 4 is 0 Å². The molecule has 0 amide bonds. The summed E-state index contributed by atoms with van der Waals surface area (Å²) < 4.78 is 1.78. The standard InChI is InChI=1S/C10H19N3O/c1-10(14,8-11-2)5-4-9-6-12-13(3)7-9/h6-7,11,14H,4-5,8H2,1-3H3. The highest BCUT2D eigenvalue weighted by Gasteiger charge is 2.18. The molecule has 0 radical (unpaired) electrons. The van der Waals surface area contributed by atoms with Crippen molar-refractivity contribution in [3.63, 3.8) is 0 Å². The average molecular weight is 197 g/mol. The maximum atomic E-state index is 9.89. The maximum Gasteiger partial charge on any atom is 0.0746 e. The zero-order chi connectivity index (χ0) is 10.6. The van der Waals surface area contributed by atoms with Crippen LogP contribution >= 0.6 is 0 Å². The highest BCUT2D eigenvalue weighted by Crippen LogP contribution is 2.12. The number of likely N-dealkylation sites (N-methyl/N-ethyl adjacent to an activating group) is 1. The van der Waals surface area contributed by atoms with Crippen molar-refractivity contribution < 1.29 is 5.11 Å². The number of aryl methyl sites for hydroxylation is 2. The van der Waals surface area contributed by atoms with Gasteiger partial charge in [0.05, 0.1) is 11.8 Å². The van der Waals surface area contributed by atoms with E-state index in [1.807, 2.05) is 33.4 Å². The van der Waals surface area contributed by atoms with Crippen molar-refractivity contribution in [2.24, 2.45) is 7.05 Å². The predicted octanol–water partition coefficient (Wildman–Crippen LogP) is 0.323. The lowest BCUT2D eigenvalue weighted by atomic mass is 9.98. The molecular formula is C10H19N3O. The van der Waals surface area contributed by atoms with Gasteiger partial charge in [0, 0.05) is 19.8 Å². The third kappa shape index (κ3) is 3.47. The molecule has 14 heavy (non-hydrogen) atoms. The Balaban J connectivity index is 2.40. The lowest BCUT2D eigenvalue weighted by Gasteiger charge is -2.22. The Kier molecular flexibility index (Phi) is 3.66. The van der Waals surface area contributed by atoms with Crippen molar-refractivity contribution in [1.82, 2.24) is 15.1 Å². The molecule has 0 saturated carbocycles. The van der Waals surface area contributed by atoms with Gasteiger partial charge in [0.15, 0.2) is 0 Å². The molecule has 0 spiro atoms. The molecule has 0 fully saturated rings. The third-order valence-corrected chi connectivity index (χ3v) is 2.27. The Hall–Kier alpha value is -0.870. The van der Waals surface area contributed by atoms with E-state index in [2.05, 4.69) is 10.4 Å². The average Bonchev–Trinajstić information content (AvgIpc) is 2.48. The van der Waals surface area contributed by atoms with Crippen molar-refractivity contribution in [2.45, 2.75) is 25.4 Å². The molecule has 1 aromatic heterocycles. The molecule has 0 aromatic carbocycles. The number of nitrogens with one attached hydrogen (secondary N) is 1. The van der Waals surface area contributed by atoms with Gasteiger partial charge in [-0.2, -0.15) is 5.10 Å². The van der Waals surface area contributed by atoms with E-state index in [-0.39, 0.29) is 0 Å². The minimum Gasteiger partial charge on any atom is -0.389 e. The summed E-state index contributed by atoms with van der Waals surface area (Å²) in [7, 11) is 3.74. The van der Waals surface area contributed by atoms with Crippen LogP contribution in [0.15, 0.2) is 12.4 Å². The summed E-state index contributed by atoms with van der Waals surface area (Å²) in [5.74, 6) is 0. The molecule has 1 heterocycles. The number of hydrogen-bond donors (Lipinski definition) is 2. The van der Waals surface area contributed by atoms with Gasteiger partial charge in [-0.15, -0.1) is 0 Å². The molecule has 4 nitrogen and oxygen atoms in total. The van der Waals surface area contributed by atoms with E-state index in [0.717, 1.165) is 12.8 Å². The number of aromatic nitrogens is 2. The van der Waals surface area contributed by atoms with Crippen molar-refractivity contribution in [3.05, 3.63) is 18.0 Å². The summed E-state index contributed by atoms with van der Waals surface area (Å²) in [4.78, 5) is 0. The summed E-state index contributed by atoms with van der Waals surface area (Å²) in [6.45, 7) is 2.47. The highest BCUT2D eigenvalue weighted by atomic mass is 16.3. The van der Waals surface area contributed by atoms with Gasteiger partial charge < -0.3 is 10.4 Å². The minimum absolute atomic E-state index is 0.618. The van der Waals surface area contributed by atoms with Crippen molar-refractivity contribution in [1.29, 1.82) is 0 Å². The van der Waals surface area contributed by atoms with Gasteiger partial charge in [-0.1, -0.05) is 0 Å². The summed E-state index contributed by atoms with van der Waals surface area (Å²) in [6, 6.07) is 0. The zero-order valence-corrected chi connectivity index (χ0v) is 9.12. The molecular weight excluding hydrogens is 178 g/mol. The first-order valence-corrected chi connectivity index (χ1v) is 4.88. The summed E-state index contributed by atoms with van der Waals surface area (Å²) in [5, 5.41) is 17.0. The van der Waals surface area contributed by atoms with Gasteiger partial charge in [-0.3, -0.25) is 4.68 Å². The first-order valence-electron chi connectivity index (χ1n) is 4.88. The number of rotatable bonds is 5. The van der Waals surface area contributed by atoms with Crippen LogP contribution in [0.2, 0.25) is 0 Å². The van der Waals surface area contributed by atoms with E-state index < -0.39 is 5.60 Å². The van der Waals surface area contributed by atoms with Crippen LogP contribution < -0.4 is 5.32 Å². The predicted molar refractivity (Wildman–Crippen MR) is 56.1 cm³/mol. The van der Waals surface area contributed by atoms with Gasteiger partial charge in [0.25, 0.3) is 0 Å². The van der Waals surface area contributed by atoms with Gasteiger partial charge in [-0.25, -0.2) is 0 Å². The number of hydrogen-bond acceptors (Lipinski definition) is 3. The molecule has 0 aliphatic heterocycles. The topological polar surface area (TPSA) is 50.1 Å². The fourth-order valence-corrected chi connectivity index (χ4v) is 1.48. The first-order chi connectivity index (χ1) is 6.53. The van der Waals surface area contributed by atoms with Crippen LogP contribution in [-0.2, 0) is 13.5 Å². The SMILES string of the molecule is CNCC(C)(O)CCc1cnn(C)c1. The van der Waals surface area contributed by atoms with Crippen LogP contribution in [0, 0.1) is 0 Å². The summed E-state index contributed by atoms with van der Waals surface area (Å²) >= 11 is 0. The second kappa shape index (κ2) is 4.57. The smallest absolute Gasteiger partial charge is 0.0746 e. The molecule has 0 saturated heterocycles. The van der Waals surface area contributed by atoms with E-state index in [4.69, 9.17) is 0 Å². The Bertz CT molecular complexity index is 281. The lowest BCUT2D eigenvalue weighted by Crippen LogP contribution is -2.36. The molecule has 0 bridgehead atoms. The second-order valence-electron chi connectivity index (χ2n) is 4.05. The van der Waals surface area contributed by atoms with E-state index in [1.165, 1.54) is 5.56 Å². The molecule has 4 heteroatoms. The van der Waals surface area contributed by atoms with E-state index in [9.17, 15) is 5.11 Å². The Labute approximate surface area is 84.9 Å². The van der Waals surface area contributed by atoms with E-state index in [0.29, 0.717) is 6.54 Å². The van der Waals surface area contributed by atoms with Crippen LogP contribution in [0.25, 0.3) is 0 Å². The fraction of sp³-hybridized carbons (Fsp3) is 0.700. The van der Waals surface area contributed by atoms with Crippen LogP contribution in [0.4, 0.5) is 0 Å². The minimum atomic E-state index is -0.634. The van der Waals surface area contributed by atoms with Crippen molar-refractivity contribution in [2.75, 3.05) is 13.6 Å². The number of nitrogens with zero attached hydrogens (tertiary/aromatic N) is 2. The molecule has 0 aliphatic carbocycles. The first kappa shape index (κ1) is 11.2. The zero-order valence-electron chi connectivity index (χ0n) is 9.12. The Morgan fingerprint density at radius 1 is 1.64 bits per heavy atom. The normalized spacial score (nSPS) is 15.4. The van der Waals surface area contributed by atoms with Crippen LogP contribution in [-0.4, -0.2) is 34.1 Å². The summed E-state index contributed by atoms with van der Waals surface area (Å²) in [6.07, 6.45) is 5.44. The molecule has 1 unspecified atom stereocenters. The molecule has 0 aliphatic rings. The molecule has 2 N–H and O–H groups in total. The van der Waals surface area contributed by atoms with Crippen molar-refractivity contribution in [3.8, 4) is 0 Å². The van der Waals surface area contributed by atoms with Gasteiger partial charge in [-0.05, 0) is 32.4 Å². The largest absolute Gasteiger partial charge is 0.389 e. The monoisotopic (exact) mass is 197 g/mol. The van der Waals surface area contributed by atoms with Crippen LogP contribution in [0.1, 0.15) is 18.9 Å². The van der Waals surface area contributed by atoms with Gasteiger partial charge in [0.1, 0.15) is 0 Å². The Morgan fingerprint density at radius 2 is 2.36 bits per heavy atom. The van der Waals surface area contributed by atoms with Crippen LogP contribution in [0.5, 0.6) is 0 Å². The quantitative estimate of drug-likeness (QED) is 0.715. The molecule has 1 aromatic rings. The van der Waals surface area contributed by atoms with Crippen LogP contribution in [0.3, 0.4) is 0 Å². The highest BCUT2D eigenvalue weighted by molar-refractivity contribution is 5.04. The maximum absolute atomic E-state index is 9.89. The Morgan fingerprint density at radius 3 is 2.86 bits per heavy atom. The van der Waals surface area contributed by atoms with E-state index >= 15 is 0 Å². The van der Waals surface area contributed by atoms with E-state index in [1.54, 1.807) is 4.68 Å². The molecule has 80 valence electrons. The fourth-order valence-electron chi connectivity index (χ4n) is 1.48.